The van der Waals surface area contributed by atoms with Crippen LogP contribution in [-0.4, -0.2) is 60.5 Å². The third-order valence-corrected chi connectivity index (χ3v) is 6.10. The predicted molar refractivity (Wildman–Crippen MR) is 81.5 cm³/mol. The largest absolute Gasteiger partial charge is 0.390 e. The van der Waals surface area contributed by atoms with Gasteiger partial charge in [0.15, 0.2) is 0 Å². The average Bonchev–Trinajstić information content (AvgIpc) is 3.05. The minimum absolute atomic E-state index is 0.154. The van der Waals surface area contributed by atoms with E-state index in [0.29, 0.717) is 18.8 Å². The Bertz CT molecular complexity index is 561. The van der Waals surface area contributed by atoms with Crippen molar-refractivity contribution in [3.63, 3.8) is 0 Å². The van der Waals surface area contributed by atoms with Gasteiger partial charge in [0.05, 0.1) is 6.61 Å². The lowest BCUT2D eigenvalue weighted by molar-refractivity contribution is 0.270. The van der Waals surface area contributed by atoms with Crippen LogP contribution in [0.1, 0.15) is 25.5 Å². The van der Waals surface area contributed by atoms with E-state index in [0.717, 1.165) is 19.4 Å². The highest BCUT2D eigenvalue weighted by Gasteiger charge is 2.29. The fourth-order valence-corrected chi connectivity index (χ4v) is 4.15. The third kappa shape index (κ3) is 3.31. The van der Waals surface area contributed by atoms with Gasteiger partial charge >= 0.3 is 0 Å². The van der Waals surface area contributed by atoms with Crippen molar-refractivity contribution in [2.45, 2.75) is 43.9 Å². The van der Waals surface area contributed by atoms with E-state index in [2.05, 4.69) is 4.90 Å². The van der Waals surface area contributed by atoms with Crippen LogP contribution in [0.25, 0.3) is 0 Å². The van der Waals surface area contributed by atoms with Crippen LogP contribution >= 0.6 is 0 Å². The smallest absolute Gasteiger partial charge is 0.244 e. The zero-order chi connectivity index (χ0) is 15.6. The Balaban J connectivity index is 2.18. The summed E-state index contributed by atoms with van der Waals surface area (Å²) in [6, 6.07) is 1.85. The van der Waals surface area contributed by atoms with Crippen LogP contribution in [0.3, 0.4) is 0 Å². The van der Waals surface area contributed by atoms with Crippen LogP contribution in [-0.2, 0) is 23.2 Å². The molecule has 21 heavy (non-hydrogen) atoms. The van der Waals surface area contributed by atoms with Gasteiger partial charge in [-0.05, 0) is 39.4 Å². The summed E-state index contributed by atoms with van der Waals surface area (Å²) in [6.07, 6.45) is 3.76. The van der Waals surface area contributed by atoms with Crippen LogP contribution in [0, 0.1) is 0 Å². The van der Waals surface area contributed by atoms with Gasteiger partial charge in [0.25, 0.3) is 0 Å². The van der Waals surface area contributed by atoms with Gasteiger partial charge < -0.3 is 14.6 Å². The summed E-state index contributed by atoms with van der Waals surface area (Å²) in [5.74, 6) is 0. The lowest BCUT2D eigenvalue weighted by atomic mass is 10.2. The molecule has 2 rings (SSSR count). The van der Waals surface area contributed by atoms with E-state index in [4.69, 9.17) is 0 Å². The lowest BCUT2D eigenvalue weighted by Gasteiger charge is -2.25. The molecule has 120 valence electrons. The second kappa shape index (κ2) is 6.48. The molecule has 0 spiro atoms. The molecule has 1 aromatic heterocycles. The summed E-state index contributed by atoms with van der Waals surface area (Å²) < 4.78 is 28.5. The van der Waals surface area contributed by atoms with Gasteiger partial charge in [0.2, 0.25) is 10.0 Å². The summed E-state index contributed by atoms with van der Waals surface area (Å²) in [7, 11) is 0.169. The molecule has 1 N–H and O–H groups in total. The quantitative estimate of drug-likeness (QED) is 0.840. The molecule has 0 bridgehead atoms. The second-order valence-corrected chi connectivity index (χ2v) is 7.72. The number of aryl methyl sites for hydroxylation is 1. The highest BCUT2D eigenvalue weighted by Crippen LogP contribution is 2.21. The Labute approximate surface area is 127 Å². The highest BCUT2D eigenvalue weighted by atomic mass is 32.2. The van der Waals surface area contributed by atoms with Crippen molar-refractivity contribution >= 4 is 10.0 Å². The lowest BCUT2D eigenvalue weighted by Crippen LogP contribution is -2.39. The number of likely N-dealkylation sites (tertiary alicyclic amines) is 1. The number of rotatable bonds is 6. The maximum absolute atomic E-state index is 12.6. The molecule has 2 heterocycles. The fraction of sp³-hybridized carbons (Fsp3) is 0.714. The molecule has 7 heteroatoms. The molecule has 1 aliphatic rings. The number of sulfonamides is 1. The van der Waals surface area contributed by atoms with Gasteiger partial charge in [-0.2, -0.15) is 4.31 Å². The molecular weight excluding hydrogens is 290 g/mol. The zero-order valence-electron chi connectivity index (χ0n) is 13.0. The van der Waals surface area contributed by atoms with Crippen LogP contribution < -0.4 is 0 Å². The van der Waals surface area contributed by atoms with E-state index >= 15 is 0 Å². The summed E-state index contributed by atoms with van der Waals surface area (Å²) in [5, 5.41) is 9.30. The first-order chi connectivity index (χ1) is 9.90. The molecule has 0 radical (unpaired) electrons. The van der Waals surface area contributed by atoms with Crippen molar-refractivity contribution in [2.24, 2.45) is 0 Å². The molecule has 0 aliphatic carbocycles. The summed E-state index contributed by atoms with van der Waals surface area (Å²) >= 11 is 0. The number of hydrogen-bond acceptors (Lipinski definition) is 4. The van der Waals surface area contributed by atoms with E-state index in [1.54, 1.807) is 23.9 Å². The molecule has 1 aromatic rings. The number of nitrogens with zero attached hydrogens (tertiary/aromatic N) is 3. The van der Waals surface area contributed by atoms with Crippen molar-refractivity contribution in [3.05, 3.63) is 18.0 Å². The summed E-state index contributed by atoms with van der Waals surface area (Å²) in [5.41, 5.74) is 0.627. The SMILES string of the molecule is CCn1cc(S(=O)(=O)N(C)CC2CCCN2C)cc1CO. The Morgan fingerprint density at radius 3 is 2.67 bits per heavy atom. The maximum atomic E-state index is 12.6. The average molecular weight is 315 g/mol. The van der Waals surface area contributed by atoms with Gasteiger partial charge in [-0.3, -0.25) is 0 Å². The summed E-state index contributed by atoms with van der Waals surface area (Å²) in [6.45, 7) is 3.94. The Morgan fingerprint density at radius 1 is 1.48 bits per heavy atom. The number of hydrogen-bond donors (Lipinski definition) is 1. The molecule has 0 saturated carbocycles. The molecule has 1 atom stereocenters. The van der Waals surface area contributed by atoms with Crippen molar-refractivity contribution in [3.8, 4) is 0 Å². The molecule has 1 unspecified atom stereocenters. The van der Waals surface area contributed by atoms with E-state index in [-0.39, 0.29) is 17.5 Å². The molecule has 1 fully saturated rings. The van der Waals surface area contributed by atoms with E-state index in [1.165, 1.54) is 4.31 Å². The molecule has 1 saturated heterocycles. The van der Waals surface area contributed by atoms with Crippen molar-refractivity contribution < 1.29 is 13.5 Å². The third-order valence-electron chi connectivity index (χ3n) is 4.31. The van der Waals surface area contributed by atoms with Crippen LogP contribution in [0.2, 0.25) is 0 Å². The molecule has 1 aliphatic heterocycles. The van der Waals surface area contributed by atoms with Gasteiger partial charge in [-0.25, -0.2) is 8.42 Å². The first kappa shape index (κ1) is 16.5. The van der Waals surface area contributed by atoms with E-state index in [9.17, 15) is 13.5 Å². The molecular formula is C14H25N3O3S. The minimum atomic E-state index is -3.50. The topological polar surface area (TPSA) is 65.8 Å². The standard InChI is InChI=1S/C14H25N3O3S/c1-4-17-10-14(8-13(17)11-18)21(19,20)16(3)9-12-6-5-7-15(12)2/h8,10,12,18H,4-7,9,11H2,1-3H3. The molecule has 6 nitrogen and oxygen atoms in total. The maximum Gasteiger partial charge on any atom is 0.244 e. The summed E-state index contributed by atoms with van der Waals surface area (Å²) in [4.78, 5) is 2.47. The number of aliphatic hydroxyl groups is 1. The monoisotopic (exact) mass is 315 g/mol. The van der Waals surface area contributed by atoms with E-state index in [1.807, 2.05) is 14.0 Å². The molecule has 0 amide bonds. The highest BCUT2D eigenvalue weighted by molar-refractivity contribution is 7.89. The minimum Gasteiger partial charge on any atom is -0.390 e. The number of aliphatic hydroxyl groups excluding tert-OH is 1. The predicted octanol–water partition coefficient (Wildman–Crippen LogP) is 0.715. The Kier molecular flexibility index (Phi) is 5.08. The van der Waals surface area contributed by atoms with Crippen molar-refractivity contribution in [1.29, 1.82) is 0 Å². The van der Waals surface area contributed by atoms with Gasteiger partial charge in [-0.1, -0.05) is 0 Å². The molecule has 0 aromatic carbocycles. The normalized spacial score (nSPS) is 20.5. The number of likely N-dealkylation sites (N-methyl/N-ethyl adjacent to an activating group) is 2. The van der Waals surface area contributed by atoms with Gasteiger partial charge in [0, 0.05) is 38.1 Å². The Morgan fingerprint density at radius 2 is 2.19 bits per heavy atom. The van der Waals surface area contributed by atoms with E-state index < -0.39 is 10.0 Å². The van der Waals surface area contributed by atoms with Crippen LogP contribution in [0.5, 0.6) is 0 Å². The van der Waals surface area contributed by atoms with Gasteiger partial charge in [0.1, 0.15) is 4.90 Å². The van der Waals surface area contributed by atoms with Crippen molar-refractivity contribution in [2.75, 3.05) is 27.2 Å². The van der Waals surface area contributed by atoms with Crippen LogP contribution in [0.15, 0.2) is 17.2 Å². The van der Waals surface area contributed by atoms with Crippen LogP contribution in [0.4, 0.5) is 0 Å². The van der Waals surface area contributed by atoms with Crippen molar-refractivity contribution in [1.82, 2.24) is 13.8 Å². The number of aromatic nitrogens is 1. The first-order valence-corrected chi connectivity index (χ1v) is 8.80. The second-order valence-electron chi connectivity index (χ2n) is 5.67. The first-order valence-electron chi connectivity index (χ1n) is 7.36. The van der Waals surface area contributed by atoms with Gasteiger partial charge in [-0.15, -0.1) is 0 Å². The zero-order valence-corrected chi connectivity index (χ0v) is 13.8. The fourth-order valence-electron chi connectivity index (χ4n) is 2.88. The Hall–Kier alpha value is -0.890.